The average molecular weight is 249 g/mol. The van der Waals surface area contributed by atoms with Crippen LogP contribution in [0.25, 0.3) is 0 Å². The third-order valence-corrected chi connectivity index (χ3v) is 2.41. The van der Waals surface area contributed by atoms with Gasteiger partial charge in [0.15, 0.2) is 0 Å². The molecule has 1 aromatic rings. The van der Waals surface area contributed by atoms with E-state index in [9.17, 15) is 0 Å². The molecule has 0 aliphatic carbocycles. The minimum Gasteiger partial charge on any atom is -0.398 e. The maximum atomic E-state index is 8.00. The zero-order valence-electron chi connectivity index (χ0n) is 10.7. The second-order valence-corrected chi connectivity index (χ2v) is 3.68. The molecule has 0 unspecified atom stereocenters. The minimum absolute atomic E-state index is 0.235. The number of pyridine rings is 1. The molecule has 1 aromatic heterocycles. The van der Waals surface area contributed by atoms with Gasteiger partial charge in [-0.1, -0.05) is 6.58 Å². The van der Waals surface area contributed by atoms with Gasteiger partial charge in [-0.15, -0.1) is 0 Å². The van der Waals surface area contributed by atoms with E-state index in [-0.39, 0.29) is 5.71 Å². The van der Waals surface area contributed by atoms with Crippen LogP contribution in [0.4, 0.5) is 11.5 Å². The Morgan fingerprint density at radius 2 is 2.33 bits per heavy atom. The molecular formula is C12H19N5O. The molecule has 0 atom stereocenters. The number of nitrogens with two attached hydrogens (primary N) is 1. The van der Waals surface area contributed by atoms with E-state index in [1.807, 2.05) is 0 Å². The van der Waals surface area contributed by atoms with Crippen molar-refractivity contribution >= 4 is 17.2 Å². The van der Waals surface area contributed by atoms with Crippen LogP contribution in [0.3, 0.4) is 0 Å². The number of hydrogen-bond acceptors (Lipinski definition) is 6. The molecule has 0 fully saturated rings. The lowest BCUT2D eigenvalue weighted by Crippen LogP contribution is -2.24. The summed E-state index contributed by atoms with van der Waals surface area (Å²) >= 11 is 0. The van der Waals surface area contributed by atoms with Crippen LogP contribution in [0.5, 0.6) is 0 Å². The topological polar surface area (TPSA) is 96.0 Å². The third-order valence-electron chi connectivity index (χ3n) is 2.41. The Labute approximate surface area is 107 Å². The van der Waals surface area contributed by atoms with Crippen LogP contribution in [0.1, 0.15) is 5.56 Å². The van der Waals surface area contributed by atoms with Gasteiger partial charge in [-0.25, -0.2) is 4.98 Å². The van der Waals surface area contributed by atoms with E-state index in [0.717, 1.165) is 0 Å². The molecule has 5 N–H and O–H groups in total. The molecule has 0 radical (unpaired) electrons. The summed E-state index contributed by atoms with van der Waals surface area (Å²) in [7, 11) is 3.38. The van der Waals surface area contributed by atoms with Crippen molar-refractivity contribution in [1.82, 2.24) is 10.3 Å². The van der Waals surface area contributed by atoms with E-state index in [1.54, 1.807) is 26.4 Å². The molecule has 0 saturated heterocycles. The standard InChI is InChI=1S/C12H19N5O/c1-8(16-4-5-18-3)12(14)9-7-17-11(15-2)6-10(9)13/h6-7,14,16H,1,4-5H2,2-3H3,(H3,13,15,17). The molecule has 98 valence electrons. The maximum Gasteiger partial charge on any atom is 0.127 e. The first-order valence-corrected chi connectivity index (χ1v) is 5.54. The number of anilines is 2. The zero-order chi connectivity index (χ0) is 13.5. The Morgan fingerprint density at radius 3 is 2.89 bits per heavy atom. The molecule has 0 aromatic carbocycles. The van der Waals surface area contributed by atoms with Crippen LogP contribution in [-0.2, 0) is 4.74 Å². The van der Waals surface area contributed by atoms with E-state index >= 15 is 0 Å². The van der Waals surface area contributed by atoms with Crippen molar-refractivity contribution in [1.29, 1.82) is 5.41 Å². The van der Waals surface area contributed by atoms with Crippen molar-refractivity contribution in [2.45, 2.75) is 0 Å². The van der Waals surface area contributed by atoms with Crippen LogP contribution < -0.4 is 16.4 Å². The van der Waals surface area contributed by atoms with Gasteiger partial charge < -0.3 is 21.1 Å². The van der Waals surface area contributed by atoms with Gasteiger partial charge >= 0.3 is 0 Å². The molecule has 0 spiro atoms. The summed E-state index contributed by atoms with van der Waals surface area (Å²) in [5, 5.41) is 13.9. The van der Waals surface area contributed by atoms with E-state index in [4.69, 9.17) is 15.9 Å². The van der Waals surface area contributed by atoms with Gasteiger partial charge in [-0.2, -0.15) is 0 Å². The van der Waals surface area contributed by atoms with Crippen molar-refractivity contribution in [3.63, 3.8) is 0 Å². The molecule has 0 aliphatic rings. The van der Waals surface area contributed by atoms with Crippen LogP contribution in [0, 0.1) is 5.41 Å². The van der Waals surface area contributed by atoms with Gasteiger partial charge in [0.05, 0.1) is 18.0 Å². The number of nitrogens with one attached hydrogen (secondary N) is 3. The van der Waals surface area contributed by atoms with E-state index in [0.29, 0.717) is 35.9 Å². The summed E-state index contributed by atoms with van der Waals surface area (Å²) in [6, 6.07) is 1.69. The Morgan fingerprint density at radius 1 is 1.61 bits per heavy atom. The van der Waals surface area contributed by atoms with Crippen LogP contribution in [-0.4, -0.2) is 38.0 Å². The van der Waals surface area contributed by atoms with E-state index in [1.165, 1.54) is 0 Å². The summed E-state index contributed by atoms with van der Waals surface area (Å²) in [4.78, 5) is 4.13. The molecule has 1 heterocycles. The lowest BCUT2D eigenvalue weighted by molar-refractivity contribution is 0.202. The smallest absolute Gasteiger partial charge is 0.127 e. The lowest BCUT2D eigenvalue weighted by Gasteiger charge is -2.12. The Balaban J connectivity index is 2.74. The van der Waals surface area contributed by atoms with Gasteiger partial charge in [0.1, 0.15) is 5.82 Å². The lowest BCUT2D eigenvalue weighted by atomic mass is 10.1. The van der Waals surface area contributed by atoms with Crippen molar-refractivity contribution in [2.24, 2.45) is 0 Å². The molecule has 0 aliphatic heterocycles. The summed E-state index contributed by atoms with van der Waals surface area (Å²) in [5.41, 5.74) is 7.66. The molecule has 6 nitrogen and oxygen atoms in total. The predicted octanol–water partition coefficient (Wildman–Crippen LogP) is 0.823. The number of rotatable bonds is 7. The summed E-state index contributed by atoms with van der Waals surface area (Å²) in [6.45, 7) is 4.95. The Bertz CT molecular complexity index is 444. The first kappa shape index (κ1) is 14.0. The number of ether oxygens (including phenoxy) is 1. The van der Waals surface area contributed by atoms with Crippen LogP contribution in [0.15, 0.2) is 24.5 Å². The largest absolute Gasteiger partial charge is 0.398 e. The van der Waals surface area contributed by atoms with E-state index < -0.39 is 0 Å². The summed E-state index contributed by atoms with van der Waals surface area (Å²) in [5.74, 6) is 0.669. The summed E-state index contributed by atoms with van der Waals surface area (Å²) in [6.07, 6.45) is 1.56. The highest BCUT2D eigenvalue weighted by Crippen LogP contribution is 2.16. The maximum absolute atomic E-state index is 8.00. The van der Waals surface area contributed by atoms with Crippen molar-refractivity contribution in [3.05, 3.63) is 30.1 Å². The zero-order valence-corrected chi connectivity index (χ0v) is 10.7. The molecule has 1 rings (SSSR count). The highest BCUT2D eigenvalue weighted by atomic mass is 16.5. The fourth-order valence-electron chi connectivity index (χ4n) is 1.37. The van der Waals surface area contributed by atoms with Gasteiger partial charge in [-0.3, -0.25) is 5.41 Å². The van der Waals surface area contributed by atoms with Gasteiger partial charge in [0, 0.05) is 44.2 Å². The highest BCUT2D eigenvalue weighted by Gasteiger charge is 2.10. The van der Waals surface area contributed by atoms with Crippen LogP contribution >= 0.6 is 0 Å². The highest BCUT2D eigenvalue weighted by molar-refractivity contribution is 6.12. The first-order chi connectivity index (χ1) is 8.60. The summed E-state index contributed by atoms with van der Waals surface area (Å²) < 4.78 is 4.91. The molecule has 0 saturated carbocycles. The SMILES string of the molecule is C=C(NCCOC)C(=N)c1cnc(NC)cc1N. The number of nitrogen functional groups attached to an aromatic ring is 1. The number of aromatic nitrogens is 1. The second kappa shape index (κ2) is 6.61. The number of methoxy groups -OCH3 is 1. The van der Waals surface area contributed by atoms with Crippen molar-refractivity contribution in [3.8, 4) is 0 Å². The number of hydrogen-bond donors (Lipinski definition) is 4. The third kappa shape index (κ3) is 3.46. The van der Waals surface area contributed by atoms with Crippen molar-refractivity contribution < 1.29 is 4.74 Å². The monoisotopic (exact) mass is 249 g/mol. The van der Waals surface area contributed by atoms with Crippen LogP contribution in [0.2, 0.25) is 0 Å². The molecule has 6 heteroatoms. The Hall–Kier alpha value is -2.08. The molecule has 0 amide bonds. The van der Waals surface area contributed by atoms with Gasteiger partial charge in [-0.05, 0) is 0 Å². The predicted molar refractivity (Wildman–Crippen MR) is 74.0 cm³/mol. The molecule has 18 heavy (non-hydrogen) atoms. The van der Waals surface area contributed by atoms with E-state index in [2.05, 4.69) is 22.2 Å². The number of nitrogens with zero attached hydrogens (tertiary/aromatic N) is 1. The minimum atomic E-state index is 0.235. The Kier molecular flexibility index (Phi) is 5.13. The molecular weight excluding hydrogens is 230 g/mol. The average Bonchev–Trinajstić information content (AvgIpc) is 2.38. The fourth-order valence-corrected chi connectivity index (χ4v) is 1.37. The quantitative estimate of drug-likeness (QED) is 0.424. The molecule has 0 bridgehead atoms. The number of allylic oxidation sites excluding steroid dienone is 1. The van der Waals surface area contributed by atoms with Crippen molar-refractivity contribution in [2.75, 3.05) is 38.4 Å². The normalized spacial score (nSPS) is 9.89. The second-order valence-electron chi connectivity index (χ2n) is 3.68. The first-order valence-electron chi connectivity index (χ1n) is 5.54. The van der Waals surface area contributed by atoms with Gasteiger partial charge in [0.2, 0.25) is 0 Å². The van der Waals surface area contributed by atoms with Gasteiger partial charge in [0.25, 0.3) is 0 Å². The fraction of sp³-hybridized carbons (Fsp3) is 0.333.